The molecule has 0 aliphatic carbocycles. The first-order valence-corrected chi connectivity index (χ1v) is 13.0. The van der Waals surface area contributed by atoms with Crippen molar-refractivity contribution in [1.29, 1.82) is 0 Å². The minimum absolute atomic E-state index is 0.0193. The number of nitrogens with zero attached hydrogens (tertiary/aromatic N) is 3. The van der Waals surface area contributed by atoms with Gasteiger partial charge >= 0.3 is 0 Å². The smallest absolute Gasteiger partial charge is 0.267 e. The van der Waals surface area contributed by atoms with Crippen LogP contribution in [0.25, 0.3) is 10.2 Å². The lowest BCUT2D eigenvalue weighted by atomic mass is 10.1. The highest BCUT2D eigenvalue weighted by molar-refractivity contribution is 7.21. The number of amides is 1. The first-order chi connectivity index (χ1) is 17.9. The molecule has 37 heavy (non-hydrogen) atoms. The van der Waals surface area contributed by atoms with Crippen molar-refractivity contribution in [3.63, 3.8) is 0 Å². The van der Waals surface area contributed by atoms with Crippen molar-refractivity contribution < 1.29 is 13.9 Å². The zero-order valence-corrected chi connectivity index (χ0v) is 21.7. The topological polar surface area (TPSA) is 105 Å². The summed E-state index contributed by atoms with van der Waals surface area (Å²) in [6.07, 6.45) is 3.93. The molecule has 4 aromatic rings. The number of nitrogen functional groups attached to an aromatic ring is 1. The molecule has 1 fully saturated rings. The molecule has 0 radical (unpaired) electrons. The van der Waals surface area contributed by atoms with Crippen molar-refractivity contribution in [2.75, 3.05) is 36.6 Å². The highest BCUT2D eigenvalue weighted by atomic mass is 35.5. The van der Waals surface area contributed by atoms with Gasteiger partial charge in [0.05, 0.1) is 22.2 Å². The molecule has 0 spiro atoms. The Labute approximate surface area is 222 Å². The lowest BCUT2D eigenvalue weighted by molar-refractivity contribution is 0.0793. The largest absolute Gasteiger partial charge is 0.397 e. The van der Waals surface area contributed by atoms with Crippen LogP contribution in [-0.2, 0) is 11.3 Å². The zero-order valence-electron chi connectivity index (χ0n) is 20.1. The number of fused-ring (bicyclic) bond motifs is 1. The maximum atomic E-state index is 13.5. The number of likely N-dealkylation sites (N-methyl/N-ethyl adjacent to an activating group) is 1. The molecule has 192 valence electrons. The van der Waals surface area contributed by atoms with Crippen LogP contribution in [0.4, 0.5) is 27.3 Å². The highest BCUT2D eigenvalue weighted by Crippen LogP contribution is 2.37. The third kappa shape index (κ3) is 5.83. The molecular formula is C26H26ClFN6O2S. The van der Waals surface area contributed by atoms with Gasteiger partial charge < -0.3 is 21.1 Å². The van der Waals surface area contributed by atoms with Crippen LogP contribution in [0.3, 0.4) is 0 Å². The van der Waals surface area contributed by atoms with Gasteiger partial charge in [0.1, 0.15) is 27.7 Å². The molecule has 1 amide bonds. The zero-order chi connectivity index (χ0) is 25.9. The molecule has 5 rings (SSSR count). The summed E-state index contributed by atoms with van der Waals surface area (Å²) in [6, 6.07) is 12.0. The molecule has 1 saturated heterocycles. The molecule has 0 saturated carbocycles. The maximum Gasteiger partial charge on any atom is 0.267 e. The van der Waals surface area contributed by atoms with E-state index in [0.717, 1.165) is 38.1 Å². The molecule has 3 heterocycles. The van der Waals surface area contributed by atoms with Crippen LogP contribution in [-0.4, -0.2) is 47.1 Å². The van der Waals surface area contributed by atoms with Crippen LogP contribution >= 0.6 is 22.9 Å². The summed E-state index contributed by atoms with van der Waals surface area (Å²) >= 11 is 7.07. The Morgan fingerprint density at radius 3 is 2.76 bits per heavy atom. The molecule has 2 aromatic carbocycles. The second-order valence-corrected chi connectivity index (χ2v) is 10.4. The van der Waals surface area contributed by atoms with Crippen LogP contribution < -0.4 is 16.4 Å². The van der Waals surface area contributed by atoms with E-state index in [4.69, 9.17) is 22.1 Å². The van der Waals surface area contributed by atoms with Gasteiger partial charge in [-0.3, -0.25) is 9.69 Å². The second kappa shape index (κ2) is 11.0. The predicted molar refractivity (Wildman–Crippen MR) is 146 cm³/mol. The molecule has 11 heteroatoms. The summed E-state index contributed by atoms with van der Waals surface area (Å²) in [5, 5.41) is 6.49. The van der Waals surface area contributed by atoms with E-state index in [1.807, 2.05) is 24.3 Å². The summed E-state index contributed by atoms with van der Waals surface area (Å²) in [7, 11) is 2.08. The van der Waals surface area contributed by atoms with E-state index >= 15 is 0 Å². The molecular weight excluding hydrogens is 515 g/mol. The standard InChI is InChI=1S/C26H26ClFN6O2S/c1-34(13-18-3-2-10-36-18)12-15-4-6-16(7-5-15)33-25(35)23-22(29)21-24(30-14-31-26(21)37-23)32-17-8-9-20(28)19(27)11-17/h4-9,11,14,18H,2-3,10,12-13,29H2,1H3,(H,33,35)(H,30,31,32). The van der Waals surface area contributed by atoms with Crippen LogP contribution in [0, 0.1) is 5.82 Å². The van der Waals surface area contributed by atoms with E-state index < -0.39 is 5.82 Å². The monoisotopic (exact) mass is 540 g/mol. The van der Waals surface area contributed by atoms with Gasteiger partial charge in [0, 0.05) is 31.1 Å². The Morgan fingerprint density at radius 1 is 1.24 bits per heavy atom. The third-order valence-electron chi connectivity index (χ3n) is 6.12. The fourth-order valence-electron chi connectivity index (χ4n) is 4.32. The van der Waals surface area contributed by atoms with Gasteiger partial charge in [0.15, 0.2) is 0 Å². The molecule has 1 aliphatic heterocycles. The number of halogens is 2. The Kier molecular flexibility index (Phi) is 7.52. The summed E-state index contributed by atoms with van der Waals surface area (Å²) in [5.74, 6) is -0.454. The molecule has 8 nitrogen and oxygen atoms in total. The molecule has 4 N–H and O–H groups in total. The lowest BCUT2D eigenvalue weighted by Gasteiger charge is -2.20. The number of benzene rings is 2. The van der Waals surface area contributed by atoms with Gasteiger partial charge in [0.2, 0.25) is 0 Å². The Bertz CT molecular complexity index is 1420. The first-order valence-electron chi connectivity index (χ1n) is 11.8. The Morgan fingerprint density at radius 2 is 2.03 bits per heavy atom. The number of nitrogens with one attached hydrogen (secondary N) is 2. The highest BCUT2D eigenvalue weighted by Gasteiger charge is 2.21. The molecule has 0 bridgehead atoms. The first kappa shape index (κ1) is 25.3. The second-order valence-electron chi connectivity index (χ2n) is 8.98. The third-order valence-corrected chi connectivity index (χ3v) is 7.52. The Hall–Kier alpha value is -3.31. The van der Waals surface area contributed by atoms with Gasteiger partial charge in [-0.2, -0.15) is 0 Å². The van der Waals surface area contributed by atoms with E-state index in [0.29, 0.717) is 38.4 Å². The fraction of sp³-hybridized carbons (Fsp3) is 0.269. The van der Waals surface area contributed by atoms with Gasteiger partial charge in [0.25, 0.3) is 5.91 Å². The van der Waals surface area contributed by atoms with Crippen LogP contribution in [0.15, 0.2) is 48.8 Å². The van der Waals surface area contributed by atoms with Crippen molar-refractivity contribution in [3.8, 4) is 0 Å². The van der Waals surface area contributed by atoms with Crippen LogP contribution in [0.1, 0.15) is 28.1 Å². The van der Waals surface area contributed by atoms with Crippen molar-refractivity contribution in [2.45, 2.75) is 25.5 Å². The van der Waals surface area contributed by atoms with Crippen molar-refractivity contribution in [2.24, 2.45) is 0 Å². The number of carbonyl (C=O) groups excluding carboxylic acids is 1. The summed E-state index contributed by atoms with van der Waals surface area (Å²) in [4.78, 5) is 24.7. The van der Waals surface area contributed by atoms with Crippen molar-refractivity contribution >= 4 is 61.9 Å². The van der Waals surface area contributed by atoms with Gasteiger partial charge in [-0.15, -0.1) is 11.3 Å². The van der Waals surface area contributed by atoms with Gasteiger partial charge in [-0.1, -0.05) is 23.7 Å². The summed E-state index contributed by atoms with van der Waals surface area (Å²) < 4.78 is 19.2. The lowest BCUT2D eigenvalue weighted by Crippen LogP contribution is -2.28. The number of anilines is 4. The number of nitrogens with two attached hydrogens (primary N) is 1. The van der Waals surface area contributed by atoms with Gasteiger partial charge in [-0.05, 0) is 55.8 Å². The van der Waals surface area contributed by atoms with Crippen LogP contribution in [0.2, 0.25) is 5.02 Å². The van der Waals surface area contributed by atoms with E-state index in [2.05, 4.69) is 32.5 Å². The van der Waals surface area contributed by atoms with E-state index in [1.165, 1.54) is 35.9 Å². The number of carbonyl (C=O) groups is 1. The number of rotatable bonds is 8. The van der Waals surface area contributed by atoms with E-state index in [-0.39, 0.29) is 16.6 Å². The predicted octanol–water partition coefficient (Wildman–Crippen LogP) is 5.67. The average Bonchev–Trinajstić information content (AvgIpc) is 3.51. The molecule has 1 aliphatic rings. The van der Waals surface area contributed by atoms with E-state index in [9.17, 15) is 9.18 Å². The summed E-state index contributed by atoms with van der Waals surface area (Å²) in [6.45, 7) is 2.55. The minimum atomic E-state index is -0.521. The number of hydrogen-bond donors (Lipinski definition) is 3. The van der Waals surface area contributed by atoms with Crippen molar-refractivity contribution in [3.05, 3.63) is 70.1 Å². The van der Waals surface area contributed by atoms with Gasteiger partial charge in [-0.25, -0.2) is 14.4 Å². The number of aromatic nitrogens is 2. The molecule has 1 atom stereocenters. The number of ether oxygens (including phenoxy) is 1. The van der Waals surface area contributed by atoms with Crippen LogP contribution in [0.5, 0.6) is 0 Å². The molecule has 1 unspecified atom stereocenters. The summed E-state index contributed by atoms with van der Waals surface area (Å²) in [5.41, 5.74) is 8.98. The Balaban J connectivity index is 1.28. The van der Waals surface area contributed by atoms with Crippen molar-refractivity contribution in [1.82, 2.24) is 14.9 Å². The number of thiophene rings is 1. The maximum absolute atomic E-state index is 13.5. The fourth-order valence-corrected chi connectivity index (χ4v) is 5.46. The minimum Gasteiger partial charge on any atom is -0.397 e. The number of hydrogen-bond acceptors (Lipinski definition) is 8. The average molecular weight is 541 g/mol. The normalized spacial score (nSPS) is 15.4. The quantitative estimate of drug-likeness (QED) is 0.264. The SMILES string of the molecule is CN(Cc1ccc(NC(=O)c2sc3ncnc(Nc4ccc(F)c(Cl)c4)c3c2N)cc1)CC1CCCO1. The van der Waals surface area contributed by atoms with E-state index in [1.54, 1.807) is 0 Å². The molecule has 2 aromatic heterocycles.